The number of benzene rings is 1. The van der Waals surface area contributed by atoms with Gasteiger partial charge in [0.25, 0.3) is 0 Å². The lowest BCUT2D eigenvalue weighted by Crippen LogP contribution is -2.14. The van der Waals surface area contributed by atoms with Gasteiger partial charge in [0.1, 0.15) is 5.52 Å². The summed E-state index contributed by atoms with van der Waals surface area (Å²) in [6.45, 7) is 2.71. The highest BCUT2D eigenvalue weighted by Gasteiger charge is 2.18. The molecule has 0 radical (unpaired) electrons. The SMILES string of the molecule is CCn1c(SCC(=O)Nc2ccccc2)nnc1-c1ccnc2c1ncn2C. The summed E-state index contributed by atoms with van der Waals surface area (Å²) in [4.78, 5) is 21.1. The Labute approximate surface area is 166 Å². The number of para-hydroxylation sites is 1. The number of rotatable bonds is 6. The molecule has 0 fully saturated rings. The quantitative estimate of drug-likeness (QED) is 0.507. The number of fused-ring (bicyclic) bond motifs is 1. The number of nitrogens with one attached hydrogen (secondary N) is 1. The third-order valence-electron chi connectivity index (χ3n) is 4.26. The Hall–Kier alpha value is -3.20. The average Bonchev–Trinajstić information content (AvgIpc) is 3.30. The maximum absolute atomic E-state index is 12.2. The zero-order chi connectivity index (χ0) is 19.5. The predicted molar refractivity (Wildman–Crippen MR) is 109 cm³/mol. The second kappa shape index (κ2) is 7.81. The van der Waals surface area contributed by atoms with Crippen LogP contribution in [0.1, 0.15) is 6.92 Å². The van der Waals surface area contributed by atoms with E-state index in [0.717, 1.165) is 28.2 Å². The maximum Gasteiger partial charge on any atom is 0.234 e. The van der Waals surface area contributed by atoms with Crippen LogP contribution in [0.25, 0.3) is 22.6 Å². The van der Waals surface area contributed by atoms with Gasteiger partial charge in [-0.3, -0.25) is 4.79 Å². The fourth-order valence-corrected chi connectivity index (χ4v) is 3.74. The molecule has 3 aromatic heterocycles. The molecule has 0 unspecified atom stereocenters. The van der Waals surface area contributed by atoms with Crippen molar-refractivity contribution in [2.24, 2.45) is 7.05 Å². The molecule has 1 aromatic carbocycles. The lowest BCUT2D eigenvalue weighted by atomic mass is 10.2. The number of aryl methyl sites for hydroxylation is 1. The van der Waals surface area contributed by atoms with Gasteiger partial charge in [0, 0.05) is 25.5 Å². The van der Waals surface area contributed by atoms with E-state index >= 15 is 0 Å². The van der Waals surface area contributed by atoms with Crippen LogP contribution in [-0.2, 0) is 18.4 Å². The summed E-state index contributed by atoms with van der Waals surface area (Å²) in [6, 6.07) is 11.3. The van der Waals surface area contributed by atoms with Crippen LogP contribution in [0.3, 0.4) is 0 Å². The van der Waals surface area contributed by atoms with Gasteiger partial charge < -0.3 is 14.5 Å². The van der Waals surface area contributed by atoms with Crippen LogP contribution >= 0.6 is 11.8 Å². The fourth-order valence-electron chi connectivity index (χ4n) is 2.94. The van der Waals surface area contributed by atoms with Crippen molar-refractivity contribution in [2.45, 2.75) is 18.6 Å². The first kappa shape index (κ1) is 18.2. The van der Waals surface area contributed by atoms with Gasteiger partial charge in [0.2, 0.25) is 5.91 Å². The normalized spacial score (nSPS) is 11.1. The lowest BCUT2D eigenvalue weighted by molar-refractivity contribution is -0.113. The third kappa shape index (κ3) is 3.48. The van der Waals surface area contributed by atoms with Gasteiger partial charge in [-0.1, -0.05) is 30.0 Å². The Morgan fingerprint density at radius 1 is 1.14 bits per heavy atom. The number of thioether (sulfide) groups is 1. The first-order valence-corrected chi connectivity index (χ1v) is 9.83. The largest absolute Gasteiger partial charge is 0.325 e. The number of carbonyl (C=O) groups is 1. The number of carbonyl (C=O) groups excluding carboxylic acids is 1. The van der Waals surface area contributed by atoms with E-state index in [4.69, 9.17) is 0 Å². The summed E-state index contributed by atoms with van der Waals surface area (Å²) in [7, 11) is 1.91. The monoisotopic (exact) mass is 393 g/mol. The standard InChI is InChI=1S/C19H19N7OS/c1-3-26-17(14-9-10-20-18-16(14)21-12-25(18)2)23-24-19(26)28-11-15(27)22-13-7-5-4-6-8-13/h4-10,12H,3,11H2,1-2H3,(H,22,27). The van der Waals surface area contributed by atoms with Crippen molar-refractivity contribution >= 4 is 34.5 Å². The molecule has 0 aliphatic carbocycles. The number of anilines is 1. The van der Waals surface area contributed by atoms with Crippen LogP contribution in [0.4, 0.5) is 5.69 Å². The molecule has 4 aromatic rings. The molecule has 0 bridgehead atoms. The molecule has 4 rings (SSSR count). The van der Waals surface area contributed by atoms with E-state index in [1.807, 2.05) is 59.5 Å². The van der Waals surface area contributed by atoms with E-state index in [1.54, 1.807) is 12.5 Å². The van der Waals surface area contributed by atoms with E-state index in [0.29, 0.717) is 11.7 Å². The number of imidazole rings is 1. The molecule has 28 heavy (non-hydrogen) atoms. The van der Waals surface area contributed by atoms with Crippen molar-refractivity contribution < 1.29 is 4.79 Å². The summed E-state index contributed by atoms with van der Waals surface area (Å²) >= 11 is 1.36. The number of aromatic nitrogens is 6. The Kier molecular flexibility index (Phi) is 5.07. The zero-order valence-corrected chi connectivity index (χ0v) is 16.3. The second-order valence-corrected chi connectivity index (χ2v) is 7.08. The molecule has 1 N–H and O–H groups in total. The second-order valence-electron chi connectivity index (χ2n) is 6.14. The van der Waals surface area contributed by atoms with Gasteiger partial charge in [-0.15, -0.1) is 10.2 Å². The summed E-state index contributed by atoms with van der Waals surface area (Å²) in [5, 5.41) is 12.2. The molecule has 0 aliphatic rings. The van der Waals surface area contributed by atoms with Crippen LogP contribution in [0.15, 0.2) is 54.1 Å². The van der Waals surface area contributed by atoms with E-state index in [1.165, 1.54) is 11.8 Å². The Bertz CT molecular complexity index is 1120. The molecule has 0 atom stereocenters. The third-order valence-corrected chi connectivity index (χ3v) is 5.23. The van der Waals surface area contributed by atoms with Gasteiger partial charge >= 0.3 is 0 Å². The minimum Gasteiger partial charge on any atom is -0.325 e. The number of amides is 1. The summed E-state index contributed by atoms with van der Waals surface area (Å²) in [5.74, 6) is 0.890. The van der Waals surface area contributed by atoms with Crippen molar-refractivity contribution in [3.05, 3.63) is 48.9 Å². The highest BCUT2D eigenvalue weighted by molar-refractivity contribution is 7.99. The summed E-state index contributed by atoms with van der Waals surface area (Å²) in [5.41, 5.74) is 3.23. The van der Waals surface area contributed by atoms with E-state index in [2.05, 4.69) is 25.5 Å². The Morgan fingerprint density at radius 2 is 1.96 bits per heavy atom. The molecule has 0 aliphatic heterocycles. The topological polar surface area (TPSA) is 90.5 Å². The van der Waals surface area contributed by atoms with Crippen molar-refractivity contribution in [1.82, 2.24) is 29.3 Å². The van der Waals surface area contributed by atoms with Gasteiger partial charge in [-0.2, -0.15) is 0 Å². The van der Waals surface area contributed by atoms with Crippen LogP contribution in [0.2, 0.25) is 0 Å². The van der Waals surface area contributed by atoms with Crippen LogP contribution in [-0.4, -0.2) is 41.0 Å². The summed E-state index contributed by atoms with van der Waals surface area (Å²) < 4.78 is 3.86. The molecular formula is C19H19N7OS. The highest BCUT2D eigenvalue weighted by atomic mass is 32.2. The number of pyridine rings is 1. The van der Waals surface area contributed by atoms with Crippen LogP contribution in [0.5, 0.6) is 0 Å². The Morgan fingerprint density at radius 3 is 2.75 bits per heavy atom. The molecule has 9 heteroatoms. The average molecular weight is 393 g/mol. The number of hydrogen-bond acceptors (Lipinski definition) is 6. The first-order chi connectivity index (χ1) is 13.7. The van der Waals surface area contributed by atoms with E-state index in [9.17, 15) is 4.79 Å². The predicted octanol–water partition coefficient (Wildman–Crippen LogP) is 2.98. The number of nitrogens with zero attached hydrogens (tertiary/aromatic N) is 6. The lowest BCUT2D eigenvalue weighted by Gasteiger charge is -2.08. The van der Waals surface area contributed by atoms with Gasteiger partial charge in [0.15, 0.2) is 16.6 Å². The summed E-state index contributed by atoms with van der Waals surface area (Å²) in [6.07, 6.45) is 3.48. The minimum absolute atomic E-state index is 0.0839. The Balaban J connectivity index is 1.55. The maximum atomic E-state index is 12.2. The van der Waals surface area contributed by atoms with E-state index < -0.39 is 0 Å². The van der Waals surface area contributed by atoms with Gasteiger partial charge in [-0.05, 0) is 25.1 Å². The van der Waals surface area contributed by atoms with Crippen molar-refractivity contribution in [2.75, 3.05) is 11.1 Å². The van der Waals surface area contributed by atoms with Crippen molar-refractivity contribution in [3.63, 3.8) is 0 Å². The molecule has 0 saturated heterocycles. The highest BCUT2D eigenvalue weighted by Crippen LogP contribution is 2.28. The minimum atomic E-state index is -0.0839. The zero-order valence-electron chi connectivity index (χ0n) is 15.5. The molecule has 142 valence electrons. The van der Waals surface area contributed by atoms with Gasteiger partial charge in [-0.25, -0.2) is 9.97 Å². The van der Waals surface area contributed by atoms with Crippen molar-refractivity contribution in [3.8, 4) is 11.4 Å². The van der Waals surface area contributed by atoms with E-state index in [-0.39, 0.29) is 11.7 Å². The fraction of sp³-hybridized carbons (Fsp3) is 0.211. The molecule has 0 saturated carbocycles. The molecule has 8 nitrogen and oxygen atoms in total. The van der Waals surface area contributed by atoms with Crippen molar-refractivity contribution in [1.29, 1.82) is 0 Å². The molecule has 3 heterocycles. The smallest absolute Gasteiger partial charge is 0.234 e. The molecule has 1 amide bonds. The van der Waals surface area contributed by atoms with Gasteiger partial charge in [0.05, 0.1) is 17.6 Å². The molecule has 0 spiro atoms. The first-order valence-electron chi connectivity index (χ1n) is 8.84. The number of hydrogen-bond donors (Lipinski definition) is 1. The van der Waals surface area contributed by atoms with Crippen LogP contribution < -0.4 is 5.32 Å². The molecular weight excluding hydrogens is 374 g/mol. The van der Waals surface area contributed by atoms with Crippen LogP contribution in [0, 0.1) is 0 Å².